The maximum Gasteiger partial charge on any atom is 0.255 e. The van der Waals surface area contributed by atoms with E-state index >= 15 is 0 Å². The number of pyridine rings is 1. The Balaban J connectivity index is 1.58. The van der Waals surface area contributed by atoms with Crippen molar-refractivity contribution in [3.8, 4) is 11.5 Å². The molecule has 2 aromatic heterocycles. The van der Waals surface area contributed by atoms with Crippen molar-refractivity contribution in [2.45, 2.75) is 19.9 Å². The van der Waals surface area contributed by atoms with Gasteiger partial charge in [-0.1, -0.05) is 0 Å². The van der Waals surface area contributed by atoms with E-state index in [4.69, 9.17) is 9.47 Å². The van der Waals surface area contributed by atoms with Crippen LogP contribution in [0.5, 0.6) is 11.5 Å². The highest BCUT2D eigenvalue weighted by molar-refractivity contribution is 6.05. The topological polar surface area (TPSA) is 78.3 Å². The molecule has 7 nitrogen and oxygen atoms in total. The Labute approximate surface area is 138 Å². The molecule has 0 saturated carbocycles. The van der Waals surface area contributed by atoms with Gasteiger partial charge in [0.15, 0.2) is 17.1 Å². The van der Waals surface area contributed by atoms with Crippen molar-refractivity contribution in [3.05, 3.63) is 42.2 Å². The van der Waals surface area contributed by atoms with Crippen molar-refractivity contribution >= 4 is 22.6 Å². The van der Waals surface area contributed by atoms with E-state index in [0.717, 1.165) is 11.0 Å². The van der Waals surface area contributed by atoms with Gasteiger partial charge in [-0.25, -0.2) is 9.67 Å². The van der Waals surface area contributed by atoms with Crippen LogP contribution in [0.15, 0.2) is 36.7 Å². The number of anilines is 1. The predicted octanol–water partition coefficient (Wildman–Crippen LogP) is 2.99. The van der Waals surface area contributed by atoms with E-state index in [1.165, 1.54) is 0 Å². The molecule has 1 N–H and O–H groups in total. The van der Waals surface area contributed by atoms with E-state index in [0.29, 0.717) is 22.7 Å². The highest BCUT2D eigenvalue weighted by Crippen LogP contribution is 2.32. The fourth-order valence-corrected chi connectivity index (χ4v) is 2.63. The number of amides is 1. The quantitative estimate of drug-likeness (QED) is 0.801. The normalized spacial score (nSPS) is 12.8. The molecular weight excluding hydrogens is 308 g/mol. The molecule has 7 heteroatoms. The van der Waals surface area contributed by atoms with Crippen LogP contribution in [0.25, 0.3) is 11.0 Å². The van der Waals surface area contributed by atoms with Crippen LogP contribution in [0, 0.1) is 0 Å². The molecule has 4 rings (SSSR count). The summed E-state index contributed by atoms with van der Waals surface area (Å²) in [4.78, 5) is 16.8. The summed E-state index contributed by atoms with van der Waals surface area (Å²) in [5, 5.41) is 8.05. The first-order chi connectivity index (χ1) is 11.6. The molecule has 0 atom stereocenters. The van der Waals surface area contributed by atoms with Crippen molar-refractivity contribution in [3.63, 3.8) is 0 Å². The van der Waals surface area contributed by atoms with Crippen molar-refractivity contribution in [1.82, 2.24) is 14.8 Å². The number of fused-ring (bicyclic) bond motifs is 2. The summed E-state index contributed by atoms with van der Waals surface area (Å²) in [6, 6.07) is 7.18. The van der Waals surface area contributed by atoms with Crippen LogP contribution < -0.4 is 14.8 Å². The number of rotatable bonds is 3. The molecule has 0 bridgehead atoms. The van der Waals surface area contributed by atoms with Crippen molar-refractivity contribution in [2.75, 3.05) is 12.1 Å². The van der Waals surface area contributed by atoms with E-state index in [1.54, 1.807) is 30.6 Å². The van der Waals surface area contributed by atoms with Crippen LogP contribution in [0.4, 0.5) is 5.69 Å². The van der Waals surface area contributed by atoms with Gasteiger partial charge in [0.05, 0.1) is 18.1 Å². The third kappa shape index (κ3) is 2.44. The summed E-state index contributed by atoms with van der Waals surface area (Å²) in [6.07, 6.45) is 3.38. The van der Waals surface area contributed by atoms with Gasteiger partial charge in [0.25, 0.3) is 5.91 Å². The maximum absolute atomic E-state index is 12.4. The Morgan fingerprint density at radius 2 is 2.04 bits per heavy atom. The number of nitrogens with one attached hydrogen (secondary N) is 1. The molecule has 1 aliphatic rings. The summed E-state index contributed by atoms with van der Waals surface area (Å²) in [5.41, 5.74) is 1.91. The van der Waals surface area contributed by atoms with Crippen molar-refractivity contribution in [1.29, 1.82) is 0 Å². The van der Waals surface area contributed by atoms with E-state index in [9.17, 15) is 4.79 Å². The molecule has 0 saturated heterocycles. The molecular formula is C17H16N4O3. The van der Waals surface area contributed by atoms with Gasteiger partial charge in [-0.2, -0.15) is 5.10 Å². The number of carbonyl (C=O) groups is 1. The van der Waals surface area contributed by atoms with Crippen LogP contribution in [0.2, 0.25) is 0 Å². The summed E-state index contributed by atoms with van der Waals surface area (Å²) < 4.78 is 12.4. The lowest BCUT2D eigenvalue weighted by atomic mass is 10.2. The lowest BCUT2D eigenvalue weighted by molar-refractivity contribution is 0.102. The average molecular weight is 324 g/mol. The van der Waals surface area contributed by atoms with Crippen LogP contribution >= 0.6 is 0 Å². The zero-order chi connectivity index (χ0) is 16.7. The zero-order valence-electron chi connectivity index (χ0n) is 13.3. The highest BCUT2D eigenvalue weighted by atomic mass is 16.7. The number of hydrogen-bond acceptors (Lipinski definition) is 5. The summed E-state index contributed by atoms with van der Waals surface area (Å²) in [5.74, 6) is 0.996. The van der Waals surface area contributed by atoms with E-state index in [-0.39, 0.29) is 18.7 Å². The molecule has 0 spiro atoms. The highest BCUT2D eigenvalue weighted by Gasteiger charge is 2.16. The molecule has 3 heterocycles. The monoisotopic (exact) mass is 324 g/mol. The Kier molecular flexibility index (Phi) is 3.34. The number of ether oxygens (including phenoxy) is 2. The second-order valence-corrected chi connectivity index (χ2v) is 5.84. The van der Waals surface area contributed by atoms with Crippen LogP contribution in [0.1, 0.15) is 30.2 Å². The third-order valence-electron chi connectivity index (χ3n) is 3.82. The van der Waals surface area contributed by atoms with Gasteiger partial charge in [0, 0.05) is 17.0 Å². The Morgan fingerprint density at radius 3 is 2.88 bits per heavy atom. The van der Waals surface area contributed by atoms with E-state index in [1.807, 2.05) is 24.6 Å². The van der Waals surface area contributed by atoms with Gasteiger partial charge in [-0.3, -0.25) is 4.79 Å². The van der Waals surface area contributed by atoms with Crippen LogP contribution in [-0.2, 0) is 0 Å². The van der Waals surface area contributed by atoms with Crippen molar-refractivity contribution in [2.24, 2.45) is 0 Å². The SMILES string of the molecule is CC(C)n1ncc2cc(NC(=O)c3ccc4c(c3)OCO4)cnc21. The minimum absolute atomic E-state index is 0.181. The second kappa shape index (κ2) is 5.52. The minimum atomic E-state index is -0.231. The first-order valence-corrected chi connectivity index (χ1v) is 7.66. The molecule has 1 aromatic carbocycles. The first-order valence-electron chi connectivity index (χ1n) is 7.66. The number of hydrogen-bond donors (Lipinski definition) is 1. The third-order valence-corrected chi connectivity index (χ3v) is 3.82. The second-order valence-electron chi connectivity index (χ2n) is 5.84. The predicted molar refractivity (Wildman–Crippen MR) is 88.4 cm³/mol. The van der Waals surface area contributed by atoms with Gasteiger partial charge in [0.1, 0.15) is 0 Å². The molecule has 1 aliphatic heterocycles. The van der Waals surface area contributed by atoms with Crippen LogP contribution in [-0.4, -0.2) is 27.5 Å². The standard InChI is InChI=1S/C17H16N4O3/c1-10(2)21-16-12(7-19-21)5-13(8-18-16)20-17(22)11-3-4-14-15(6-11)24-9-23-14/h3-8,10H,9H2,1-2H3,(H,20,22). The smallest absolute Gasteiger partial charge is 0.255 e. The van der Waals surface area contributed by atoms with E-state index in [2.05, 4.69) is 15.4 Å². The molecule has 1 amide bonds. The van der Waals surface area contributed by atoms with Crippen molar-refractivity contribution < 1.29 is 14.3 Å². The van der Waals surface area contributed by atoms with Gasteiger partial charge in [-0.05, 0) is 38.1 Å². The molecule has 0 fully saturated rings. The number of carbonyl (C=O) groups excluding carboxylic acids is 1. The zero-order valence-corrected chi connectivity index (χ0v) is 13.3. The molecule has 0 aliphatic carbocycles. The van der Waals surface area contributed by atoms with Gasteiger partial charge in [-0.15, -0.1) is 0 Å². The maximum atomic E-state index is 12.4. The molecule has 3 aromatic rings. The first kappa shape index (κ1) is 14.5. The molecule has 0 radical (unpaired) electrons. The number of nitrogens with zero attached hydrogens (tertiary/aromatic N) is 3. The average Bonchev–Trinajstić information content (AvgIpc) is 3.20. The number of benzene rings is 1. The number of aromatic nitrogens is 3. The summed E-state index contributed by atoms with van der Waals surface area (Å²) in [6.45, 7) is 4.27. The lowest BCUT2D eigenvalue weighted by Gasteiger charge is -2.08. The van der Waals surface area contributed by atoms with Crippen LogP contribution in [0.3, 0.4) is 0 Å². The molecule has 24 heavy (non-hydrogen) atoms. The minimum Gasteiger partial charge on any atom is -0.454 e. The van der Waals surface area contributed by atoms with Gasteiger partial charge < -0.3 is 14.8 Å². The van der Waals surface area contributed by atoms with Gasteiger partial charge in [0.2, 0.25) is 6.79 Å². The Bertz CT molecular complexity index is 933. The van der Waals surface area contributed by atoms with Gasteiger partial charge >= 0.3 is 0 Å². The fourth-order valence-electron chi connectivity index (χ4n) is 2.63. The summed E-state index contributed by atoms with van der Waals surface area (Å²) >= 11 is 0. The molecule has 0 unspecified atom stereocenters. The Morgan fingerprint density at radius 1 is 1.21 bits per heavy atom. The summed E-state index contributed by atoms with van der Waals surface area (Å²) in [7, 11) is 0. The lowest BCUT2D eigenvalue weighted by Crippen LogP contribution is -2.12. The van der Waals surface area contributed by atoms with E-state index < -0.39 is 0 Å². The fraction of sp³-hybridized carbons (Fsp3) is 0.235. The largest absolute Gasteiger partial charge is 0.454 e. The molecule has 122 valence electrons. The Hall–Kier alpha value is -3.09.